The Hall–Kier alpha value is -0.570. The monoisotopic (exact) mass is 213 g/mol. The molecular formula is C11H16ClNO. The molecule has 0 radical (unpaired) electrons. The third-order valence-electron chi connectivity index (χ3n) is 2.53. The quantitative estimate of drug-likeness (QED) is 0.837. The van der Waals surface area contributed by atoms with Gasteiger partial charge in [-0.15, -0.1) is 0 Å². The zero-order chi connectivity index (χ0) is 10.8. The molecule has 3 heteroatoms. The number of aryl methyl sites for hydroxylation is 1. The highest BCUT2D eigenvalue weighted by Crippen LogP contribution is 2.30. The molecule has 0 aliphatic carbocycles. The number of halogens is 1. The maximum atomic E-state index is 6.14. The summed E-state index contributed by atoms with van der Waals surface area (Å²) in [5.41, 5.74) is 7.25. The zero-order valence-corrected chi connectivity index (χ0v) is 9.56. The van der Waals surface area contributed by atoms with Crippen LogP contribution in [0.25, 0.3) is 0 Å². The van der Waals surface area contributed by atoms with Gasteiger partial charge in [0.2, 0.25) is 0 Å². The van der Waals surface area contributed by atoms with Gasteiger partial charge in [-0.05, 0) is 25.5 Å². The number of nitrogens with two attached hydrogens (primary N) is 1. The molecule has 0 fully saturated rings. The molecule has 0 amide bonds. The van der Waals surface area contributed by atoms with Crippen molar-refractivity contribution in [1.82, 2.24) is 0 Å². The van der Waals surface area contributed by atoms with Crippen LogP contribution in [-0.4, -0.2) is 13.7 Å². The van der Waals surface area contributed by atoms with Crippen LogP contribution in [0, 0.1) is 6.92 Å². The van der Waals surface area contributed by atoms with Crippen LogP contribution < -0.4 is 5.73 Å². The molecule has 1 aromatic rings. The van der Waals surface area contributed by atoms with Gasteiger partial charge in [-0.25, -0.2) is 0 Å². The fourth-order valence-electron chi connectivity index (χ4n) is 1.35. The van der Waals surface area contributed by atoms with E-state index in [0.717, 1.165) is 11.1 Å². The van der Waals surface area contributed by atoms with Crippen molar-refractivity contribution in [3.05, 3.63) is 34.3 Å². The summed E-state index contributed by atoms with van der Waals surface area (Å²) < 4.78 is 5.38. The first-order valence-electron chi connectivity index (χ1n) is 4.55. The lowest BCUT2D eigenvalue weighted by Crippen LogP contribution is -2.34. The molecule has 0 heterocycles. The van der Waals surface area contributed by atoms with Gasteiger partial charge >= 0.3 is 0 Å². The molecule has 2 N–H and O–H groups in total. The van der Waals surface area contributed by atoms with Crippen molar-refractivity contribution in [3.8, 4) is 0 Å². The fraction of sp³-hybridized carbons (Fsp3) is 0.455. The van der Waals surface area contributed by atoms with Crippen molar-refractivity contribution >= 4 is 11.6 Å². The minimum Gasteiger partial charge on any atom is -0.372 e. The molecule has 1 rings (SSSR count). The highest BCUT2D eigenvalue weighted by molar-refractivity contribution is 6.31. The molecule has 0 aliphatic rings. The Balaban J connectivity index is 3.17. The van der Waals surface area contributed by atoms with Gasteiger partial charge in [0.05, 0.1) is 0 Å². The van der Waals surface area contributed by atoms with Crippen molar-refractivity contribution < 1.29 is 4.74 Å². The summed E-state index contributed by atoms with van der Waals surface area (Å²) >= 11 is 6.14. The fourth-order valence-corrected chi connectivity index (χ4v) is 1.79. The lowest BCUT2D eigenvalue weighted by atomic mass is 9.95. The van der Waals surface area contributed by atoms with Gasteiger partial charge in [0.1, 0.15) is 5.60 Å². The Morgan fingerprint density at radius 3 is 2.57 bits per heavy atom. The summed E-state index contributed by atoms with van der Waals surface area (Å²) in [6.45, 7) is 4.35. The standard InChI is InChI=1S/C11H16ClNO/c1-8-4-5-9(10(12)6-8)11(2,7-13)14-3/h4-6H,7,13H2,1-3H3. The first kappa shape index (κ1) is 11.5. The van der Waals surface area contributed by atoms with Gasteiger partial charge in [-0.3, -0.25) is 0 Å². The normalized spacial score (nSPS) is 15.2. The second-order valence-corrected chi connectivity index (χ2v) is 4.03. The second-order valence-electron chi connectivity index (χ2n) is 3.62. The topological polar surface area (TPSA) is 35.2 Å². The molecule has 0 spiro atoms. The number of benzene rings is 1. The van der Waals surface area contributed by atoms with E-state index in [4.69, 9.17) is 22.1 Å². The number of methoxy groups -OCH3 is 1. The third-order valence-corrected chi connectivity index (χ3v) is 2.85. The maximum absolute atomic E-state index is 6.14. The average molecular weight is 214 g/mol. The van der Waals surface area contributed by atoms with Crippen LogP contribution in [0.2, 0.25) is 5.02 Å². The van der Waals surface area contributed by atoms with E-state index in [1.54, 1.807) is 7.11 Å². The number of hydrogen-bond donors (Lipinski definition) is 1. The van der Waals surface area contributed by atoms with Crippen LogP contribution >= 0.6 is 11.6 Å². The molecule has 1 unspecified atom stereocenters. The van der Waals surface area contributed by atoms with E-state index >= 15 is 0 Å². The molecule has 0 saturated carbocycles. The zero-order valence-electron chi connectivity index (χ0n) is 8.80. The lowest BCUT2D eigenvalue weighted by Gasteiger charge is -2.28. The Labute approximate surface area is 90.0 Å². The van der Waals surface area contributed by atoms with Crippen LogP contribution in [0.5, 0.6) is 0 Å². The van der Waals surface area contributed by atoms with Crippen molar-refractivity contribution in [3.63, 3.8) is 0 Å². The van der Waals surface area contributed by atoms with Crippen LogP contribution in [0.3, 0.4) is 0 Å². The molecular weight excluding hydrogens is 198 g/mol. The Kier molecular flexibility index (Phi) is 3.53. The molecule has 0 bridgehead atoms. The molecule has 0 aliphatic heterocycles. The minimum absolute atomic E-state index is 0.409. The van der Waals surface area contributed by atoms with Crippen LogP contribution in [0.4, 0.5) is 0 Å². The summed E-state index contributed by atoms with van der Waals surface area (Å²) in [7, 11) is 1.64. The first-order valence-corrected chi connectivity index (χ1v) is 4.93. The highest BCUT2D eigenvalue weighted by Gasteiger charge is 2.26. The molecule has 2 nitrogen and oxygen atoms in total. The van der Waals surface area contributed by atoms with Crippen molar-refractivity contribution in [2.45, 2.75) is 19.4 Å². The van der Waals surface area contributed by atoms with E-state index in [2.05, 4.69) is 0 Å². The van der Waals surface area contributed by atoms with Gasteiger partial charge < -0.3 is 10.5 Å². The third kappa shape index (κ3) is 2.08. The second kappa shape index (κ2) is 4.30. The Morgan fingerprint density at radius 1 is 1.50 bits per heavy atom. The molecule has 0 saturated heterocycles. The van der Waals surface area contributed by atoms with Gasteiger partial charge in [-0.2, -0.15) is 0 Å². The van der Waals surface area contributed by atoms with Crippen LogP contribution in [0.15, 0.2) is 18.2 Å². The largest absolute Gasteiger partial charge is 0.372 e. The van der Waals surface area contributed by atoms with E-state index < -0.39 is 5.60 Å². The van der Waals surface area contributed by atoms with E-state index in [1.165, 1.54) is 0 Å². The SMILES string of the molecule is COC(C)(CN)c1ccc(C)cc1Cl. The summed E-state index contributed by atoms with van der Waals surface area (Å²) in [6.07, 6.45) is 0. The van der Waals surface area contributed by atoms with E-state index in [-0.39, 0.29) is 0 Å². The van der Waals surface area contributed by atoms with Gasteiger partial charge in [0, 0.05) is 24.2 Å². The molecule has 1 aromatic carbocycles. The van der Waals surface area contributed by atoms with Crippen LogP contribution in [-0.2, 0) is 10.3 Å². The van der Waals surface area contributed by atoms with Gasteiger partial charge in [0.15, 0.2) is 0 Å². The van der Waals surface area contributed by atoms with E-state index in [1.807, 2.05) is 32.0 Å². The predicted molar refractivity (Wildman–Crippen MR) is 59.6 cm³/mol. The first-order chi connectivity index (χ1) is 6.53. The number of ether oxygens (including phenoxy) is 1. The molecule has 14 heavy (non-hydrogen) atoms. The highest BCUT2D eigenvalue weighted by atomic mass is 35.5. The van der Waals surface area contributed by atoms with Gasteiger partial charge in [-0.1, -0.05) is 23.7 Å². The lowest BCUT2D eigenvalue weighted by molar-refractivity contribution is 0.0102. The molecule has 1 atom stereocenters. The summed E-state index contributed by atoms with van der Waals surface area (Å²) in [4.78, 5) is 0. The molecule has 0 aromatic heterocycles. The number of rotatable bonds is 3. The summed E-state index contributed by atoms with van der Waals surface area (Å²) in [5, 5.41) is 0.708. The maximum Gasteiger partial charge on any atom is 0.103 e. The Morgan fingerprint density at radius 2 is 2.14 bits per heavy atom. The van der Waals surface area contributed by atoms with Gasteiger partial charge in [0.25, 0.3) is 0 Å². The minimum atomic E-state index is -0.495. The van der Waals surface area contributed by atoms with Crippen molar-refractivity contribution in [2.75, 3.05) is 13.7 Å². The average Bonchev–Trinajstić information content (AvgIpc) is 2.17. The summed E-state index contributed by atoms with van der Waals surface area (Å²) in [6, 6.07) is 5.89. The Bertz CT molecular complexity index is 321. The smallest absolute Gasteiger partial charge is 0.103 e. The summed E-state index contributed by atoms with van der Waals surface area (Å²) in [5.74, 6) is 0. The predicted octanol–water partition coefficient (Wildman–Crippen LogP) is 2.47. The van der Waals surface area contributed by atoms with Crippen molar-refractivity contribution in [2.24, 2.45) is 5.73 Å². The van der Waals surface area contributed by atoms with E-state index in [0.29, 0.717) is 11.6 Å². The molecule has 78 valence electrons. The van der Waals surface area contributed by atoms with Crippen molar-refractivity contribution in [1.29, 1.82) is 0 Å². The van der Waals surface area contributed by atoms with E-state index in [9.17, 15) is 0 Å². The van der Waals surface area contributed by atoms with Crippen LogP contribution in [0.1, 0.15) is 18.1 Å². The number of hydrogen-bond acceptors (Lipinski definition) is 2.